The van der Waals surface area contributed by atoms with E-state index in [1.165, 1.54) is 70.6 Å². The Morgan fingerprint density at radius 3 is 1.79 bits per heavy atom. The molecule has 0 bridgehead atoms. The molecular formula is C20H34NOPS. The smallest absolute Gasteiger partial charge is 0.122 e. The van der Waals surface area contributed by atoms with Gasteiger partial charge in [0.15, 0.2) is 0 Å². The van der Waals surface area contributed by atoms with Gasteiger partial charge < -0.3 is 0 Å². The fourth-order valence-electron chi connectivity index (χ4n) is 2.79. The first-order valence-corrected chi connectivity index (χ1v) is 11.6. The molecule has 1 aromatic rings. The minimum atomic E-state index is 0.717. The van der Waals surface area contributed by atoms with Gasteiger partial charge in [0.2, 0.25) is 0 Å². The van der Waals surface area contributed by atoms with Crippen molar-refractivity contribution in [2.45, 2.75) is 84.0 Å². The van der Waals surface area contributed by atoms with Crippen LogP contribution in [0.25, 0.3) is 0 Å². The van der Waals surface area contributed by atoms with Gasteiger partial charge in [0.1, 0.15) is 7.51 Å². The lowest BCUT2D eigenvalue weighted by molar-refractivity contribution is 0.149. The van der Waals surface area contributed by atoms with Crippen molar-refractivity contribution in [1.29, 1.82) is 0 Å². The summed E-state index contributed by atoms with van der Waals surface area (Å²) in [6.07, 6.45) is 16.4. The Kier molecular flexibility index (Phi) is 14.4. The number of hydrogen-bond acceptors (Lipinski definition) is 2. The Bertz CT molecular complexity index is 402. The summed E-state index contributed by atoms with van der Waals surface area (Å²) in [6, 6.07) is 10.1. The van der Waals surface area contributed by atoms with Gasteiger partial charge in [-0.2, -0.15) is 4.83 Å². The first-order chi connectivity index (χ1) is 11.9. The highest BCUT2D eigenvalue weighted by Gasteiger charge is 2.03. The van der Waals surface area contributed by atoms with Crippen LogP contribution >= 0.6 is 7.51 Å². The number of benzene rings is 1. The highest BCUT2D eigenvalue weighted by molar-refractivity contribution is 7.97. The molecule has 0 atom stereocenters. The third-order valence-electron chi connectivity index (χ3n) is 4.26. The summed E-state index contributed by atoms with van der Waals surface area (Å²) in [7, 11) is 0.717. The average molecular weight is 368 g/mol. The van der Waals surface area contributed by atoms with E-state index in [0.717, 1.165) is 18.7 Å². The van der Waals surface area contributed by atoms with E-state index < -0.39 is 0 Å². The van der Waals surface area contributed by atoms with Crippen molar-refractivity contribution in [2.75, 3.05) is 11.4 Å². The van der Waals surface area contributed by atoms with Crippen molar-refractivity contribution in [3.8, 4) is 0 Å². The van der Waals surface area contributed by atoms with Crippen LogP contribution in [0.4, 0.5) is 5.69 Å². The molecule has 0 fully saturated rings. The molecule has 0 aliphatic carbocycles. The standard InChI is InChI=1S/C20H34NOPS/c1-2-3-4-5-6-7-8-9-10-11-12-16-19-22-21(23-24)20-17-14-13-15-18-20/h13-15,17-18H,2-12,16,19H2,1H3. The van der Waals surface area contributed by atoms with Gasteiger partial charge in [-0.15, -0.1) is 0 Å². The van der Waals surface area contributed by atoms with Gasteiger partial charge in [0.05, 0.1) is 12.3 Å². The van der Waals surface area contributed by atoms with Crippen LogP contribution < -0.4 is 4.83 Å². The van der Waals surface area contributed by atoms with Gasteiger partial charge in [-0.05, 0) is 30.4 Å². The molecule has 4 heteroatoms. The van der Waals surface area contributed by atoms with E-state index in [1.807, 2.05) is 30.3 Å². The van der Waals surface area contributed by atoms with Crippen LogP contribution in [-0.2, 0) is 16.6 Å². The normalized spacial score (nSPS) is 11.0. The van der Waals surface area contributed by atoms with Crippen molar-refractivity contribution >= 4 is 25.0 Å². The summed E-state index contributed by atoms with van der Waals surface area (Å²) < 4.78 is 0. The number of hydrogen-bond donors (Lipinski definition) is 0. The molecule has 1 rings (SSSR count). The van der Waals surface area contributed by atoms with E-state index in [2.05, 4.69) is 6.92 Å². The van der Waals surface area contributed by atoms with E-state index >= 15 is 0 Å². The minimum absolute atomic E-state index is 0.717. The van der Waals surface area contributed by atoms with E-state index in [1.54, 1.807) is 4.83 Å². The maximum Gasteiger partial charge on any atom is 0.122 e. The third-order valence-corrected chi connectivity index (χ3v) is 5.20. The van der Waals surface area contributed by atoms with Crippen LogP contribution in [0.2, 0.25) is 0 Å². The first-order valence-electron chi connectivity index (χ1n) is 9.70. The van der Waals surface area contributed by atoms with Crippen LogP contribution in [0.1, 0.15) is 84.0 Å². The summed E-state index contributed by atoms with van der Waals surface area (Å²) in [5.74, 6) is 0. The number of nitrogens with zero attached hydrogens (tertiary/aromatic N) is 1. The molecule has 0 aromatic heterocycles. The molecule has 0 unspecified atom stereocenters. The highest BCUT2D eigenvalue weighted by atomic mass is 32.4. The van der Waals surface area contributed by atoms with Crippen molar-refractivity contribution in [2.24, 2.45) is 0 Å². The molecular weight excluding hydrogens is 333 g/mol. The summed E-state index contributed by atoms with van der Waals surface area (Å²) >= 11 is 5.12. The first kappa shape index (κ1) is 21.5. The zero-order valence-electron chi connectivity index (χ0n) is 15.3. The van der Waals surface area contributed by atoms with Crippen molar-refractivity contribution in [3.63, 3.8) is 0 Å². The molecule has 0 saturated heterocycles. The topological polar surface area (TPSA) is 12.5 Å². The summed E-state index contributed by atoms with van der Waals surface area (Å²) in [5, 5.41) is 0. The number of para-hydroxylation sites is 1. The third kappa shape index (κ3) is 11.1. The van der Waals surface area contributed by atoms with Crippen LogP contribution in [-0.4, -0.2) is 6.61 Å². The summed E-state index contributed by atoms with van der Waals surface area (Å²) in [6.45, 7) is 3.04. The van der Waals surface area contributed by atoms with E-state index in [4.69, 9.17) is 16.6 Å². The quantitative estimate of drug-likeness (QED) is 0.171. The van der Waals surface area contributed by atoms with E-state index in [-0.39, 0.29) is 0 Å². The predicted octanol–water partition coefficient (Wildman–Crippen LogP) is 7.45. The number of unbranched alkanes of at least 4 members (excludes halogenated alkanes) is 11. The average Bonchev–Trinajstić information content (AvgIpc) is 2.63. The lowest BCUT2D eigenvalue weighted by atomic mass is 10.1. The molecule has 24 heavy (non-hydrogen) atoms. The fraction of sp³-hybridized carbons (Fsp3) is 0.700. The molecule has 136 valence electrons. The lowest BCUT2D eigenvalue weighted by Gasteiger charge is -2.17. The van der Waals surface area contributed by atoms with Crippen LogP contribution in [0.15, 0.2) is 30.3 Å². The molecule has 0 aliphatic rings. The van der Waals surface area contributed by atoms with E-state index in [0.29, 0.717) is 7.51 Å². The molecule has 2 nitrogen and oxygen atoms in total. The Balaban J connectivity index is 1.89. The summed E-state index contributed by atoms with van der Waals surface area (Å²) in [5.41, 5.74) is 1.04. The lowest BCUT2D eigenvalue weighted by Crippen LogP contribution is -2.12. The molecule has 0 N–H and O–H groups in total. The SMILES string of the molecule is CCCCCCCCCCCCCCON(P=S)c1ccccc1. The molecule has 0 amide bonds. The van der Waals surface area contributed by atoms with Crippen LogP contribution in [0, 0.1) is 0 Å². The van der Waals surface area contributed by atoms with E-state index in [9.17, 15) is 0 Å². The molecule has 0 spiro atoms. The molecule has 0 aliphatic heterocycles. The zero-order chi connectivity index (χ0) is 17.3. The Hall–Kier alpha value is -0.500. The fourth-order valence-corrected chi connectivity index (χ4v) is 3.58. The van der Waals surface area contributed by atoms with Gasteiger partial charge in [-0.3, -0.25) is 4.84 Å². The number of anilines is 1. The monoisotopic (exact) mass is 367 g/mol. The summed E-state index contributed by atoms with van der Waals surface area (Å²) in [4.78, 5) is 7.57. The van der Waals surface area contributed by atoms with Crippen molar-refractivity contribution < 1.29 is 4.84 Å². The molecule has 0 radical (unpaired) electrons. The van der Waals surface area contributed by atoms with Gasteiger partial charge in [-0.25, -0.2) is 0 Å². The maximum atomic E-state index is 5.79. The molecule has 0 heterocycles. The second kappa shape index (κ2) is 16.0. The second-order valence-electron chi connectivity index (χ2n) is 6.41. The largest absolute Gasteiger partial charge is 0.265 e. The second-order valence-corrected chi connectivity index (χ2v) is 7.43. The molecule has 1 aromatic carbocycles. The Labute approximate surface area is 155 Å². The number of rotatable bonds is 16. The zero-order valence-corrected chi connectivity index (χ0v) is 17.0. The van der Waals surface area contributed by atoms with Gasteiger partial charge >= 0.3 is 0 Å². The Morgan fingerprint density at radius 2 is 1.29 bits per heavy atom. The predicted molar refractivity (Wildman–Crippen MR) is 110 cm³/mol. The van der Waals surface area contributed by atoms with Crippen molar-refractivity contribution in [1.82, 2.24) is 0 Å². The van der Waals surface area contributed by atoms with Gasteiger partial charge in [0.25, 0.3) is 0 Å². The van der Waals surface area contributed by atoms with Crippen LogP contribution in [0.3, 0.4) is 0 Å². The molecule has 0 saturated carbocycles. The van der Waals surface area contributed by atoms with Gasteiger partial charge in [0, 0.05) is 0 Å². The Morgan fingerprint density at radius 1 is 0.792 bits per heavy atom. The van der Waals surface area contributed by atoms with Gasteiger partial charge in [-0.1, -0.05) is 95.8 Å². The minimum Gasteiger partial charge on any atom is -0.265 e. The van der Waals surface area contributed by atoms with Crippen LogP contribution in [0.5, 0.6) is 0 Å². The highest BCUT2D eigenvalue weighted by Crippen LogP contribution is 2.21. The van der Waals surface area contributed by atoms with Crippen molar-refractivity contribution in [3.05, 3.63) is 30.3 Å². The maximum absolute atomic E-state index is 5.79.